The van der Waals surface area contributed by atoms with E-state index >= 15 is 0 Å². The van der Waals surface area contributed by atoms with E-state index in [1.165, 1.54) is 0 Å². The fourth-order valence-electron chi connectivity index (χ4n) is 1.74. The van der Waals surface area contributed by atoms with Gasteiger partial charge in [0.15, 0.2) is 0 Å². The highest BCUT2D eigenvalue weighted by atomic mass is 19.1. The molecule has 0 saturated heterocycles. The first kappa shape index (κ1) is 15.7. The normalized spacial score (nSPS) is 11.1. The molecule has 0 fully saturated rings. The standard InChI is InChI=1S/C17H17FN2O2/c18-10-13(11-19)12-22-16-8-6-14(7-9-16)17(21)20-15-4-2-1-3-5-15/h1-10H,11-12,19H2,(H,20,21)/b13-10+. The molecule has 0 aliphatic heterocycles. The smallest absolute Gasteiger partial charge is 0.255 e. The number of nitrogens with two attached hydrogens (primary N) is 1. The van der Waals surface area contributed by atoms with Crippen LogP contribution in [0.25, 0.3) is 0 Å². The van der Waals surface area contributed by atoms with Crippen LogP contribution in [0.15, 0.2) is 66.5 Å². The second-order valence-corrected chi connectivity index (χ2v) is 4.60. The van der Waals surface area contributed by atoms with Gasteiger partial charge in [-0.1, -0.05) is 18.2 Å². The summed E-state index contributed by atoms with van der Waals surface area (Å²) in [7, 11) is 0. The topological polar surface area (TPSA) is 64.3 Å². The fourth-order valence-corrected chi connectivity index (χ4v) is 1.74. The minimum Gasteiger partial charge on any atom is -0.489 e. The van der Waals surface area contributed by atoms with Crippen molar-refractivity contribution in [3.63, 3.8) is 0 Å². The number of halogens is 1. The van der Waals surface area contributed by atoms with Crippen LogP contribution in [0, 0.1) is 0 Å². The van der Waals surface area contributed by atoms with Gasteiger partial charge in [0.25, 0.3) is 5.91 Å². The first-order valence-corrected chi connectivity index (χ1v) is 6.80. The Morgan fingerprint density at radius 1 is 1.14 bits per heavy atom. The Kier molecular flexibility index (Phi) is 5.68. The summed E-state index contributed by atoms with van der Waals surface area (Å²) in [6.45, 7) is 0.191. The minimum absolute atomic E-state index is 0.0859. The van der Waals surface area contributed by atoms with Crippen molar-refractivity contribution < 1.29 is 13.9 Å². The van der Waals surface area contributed by atoms with E-state index in [0.29, 0.717) is 23.2 Å². The van der Waals surface area contributed by atoms with Crippen LogP contribution in [-0.2, 0) is 0 Å². The lowest BCUT2D eigenvalue weighted by Gasteiger charge is -2.08. The van der Waals surface area contributed by atoms with Gasteiger partial charge in [0.1, 0.15) is 12.4 Å². The lowest BCUT2D eigenvalue weighted by Crippen LogP contribution is -2.12. The highest BCUT2D eigenvalue weighted by Gasteiger charge is 2.06. The number of nitrogens with one attached hydrogen (secondary N) is 1. The van der Waals surface area contributed by atoms with Crippen molar-refractivity contribution >= 4 is 11.6 Å². The SMILES string of the molecule is NC/C(=C\F)COc1ccc(C(=O)Nc2ccccc2)cc1. The highest BCUT2D eigenvalue weighted by molar-refractivity contribution is 6.04. The Bertz CT molecular complexity index is 639. The number of hydrogen-bond acceptors (Lipinski definition) is 3. The molecule has 22 heavy (non-hydrogen) atoms. The molecule has 3 N–H and O–H groups in total. The van der Waals surface area contributed by atoms with E-state index in [1.807, 2.05) is 30.3 Å². The van der Waals surface area contributed by atoms with E-state index in [0.717, 1.165) is 5.69 Å². The zero-order chi connectivity index (χ0) is 15.8. The number of benzene rings is 2. The van der Waals surface area contributed by atoms with Crippen molar-refractivity contribution in [3.8, 4) is 5.75 Å². The minimum atomic E-state index is -0.205. The van der Waals surface area contributed by atoms with Gasteiger partial charge in [-0.3, -0.25) is 4.79 Å². The molecule has 0 aliphatic carbocycles. The molecule has 0 bridgehead atoms. The zero-order valence-electron chi connectivity index (χ0n) is 12.0. The Morgan fingerprint density at radius 2 is 1.82 bits per heavy atom. The summed E-state index contributed by atoms with van der Waals surface area (Å²) >= 11 is 0. The summed E-state index contributed by atoms with van der Waals surface area (Å²) in [5.74, 6) is 0.341. The van der Waals surface area contributed by atoms with Gasteiger partial charge in [-0.2, -0.15) is 0 Å². The van der Waals surface area contributed by atoms with E-state index in [9.17, 15) is 9.18 Å². The second kappa shape index (κ2) is 7.95. The molecule has 0 radical (unpaired) electrons. The predicted octanol–water partition coefficient (Wildman–Crippen LogP) is 3.13. The van der Waals surface area contributed by atoms with Crippen LogP contribution in [0.5, 0.6) is 5.75 Å². The van der Waals surface area contributed by atoms with Gasteiger partial charge in [0.2, 0.25) is 0 Å². The average molecular weight is 300 g/mol. The van der Waals surface area contributed by atoms with E-state index in [-0.39, 0.29) is 19.1 Å². The molecule has 0 heterocycles. The van der Waals surface area contributed by atoms with Crippen LogP contribution in [0.1, 0.15) is 10.4 Å². The number of para-hydroxylation sites is 1. The number of carbonyl (C=O) groups excluding carboxylic acids is 1. The third kappa shape index (κ3) is 4.43. The Balaban J connectivity index is 1.95. The highest BCUT2D eigenvalue weighted by Crippen LogP contribution is 2.15. The summed E-state index contributed by atoms with van der Waals surface area (Å²) in [5, 5.41) is 2.79. The lowest BCUT2D eigenvalue weighted by molar-refractivity contribution is 0.102. The number of ether oxygens (including phenoxy) is 1. The van der Waals surface area contributed by atoms with Crippen molar-refractivity contribution in [2.24, 2.45) is 5.73 Å². The summed E-state index contributed by atoms with van der Waals surface area (Å²) < 4.78 is 17.7. The monoisotopic (exact) mass is 300 g/mol. The van der Waals surface area contributed by atoms with Crippen LogP contribution in [0.2, 0.25) is 0 Å². The molecular weight excluding hydrogens is 283 g/mol. The quantitative estimate of drug-likeness (QED) is 0.861. The molecule has 4 nitrogen and oxygen atoms in total. The van der Waals surface area contributed by atoms with Crippen LogP contribution < -0.4 is 15.8 Å². The van der Waals surface area contributed by atoms with Crippen molar-refractivity contribution in [1.29, 1.82) is 0 Å². The number of anilines is 1. The number of amides is 1. The third-order valence-corrected chi connectivity index (χ3v) is 2.99. The molecule has 1 amide bonds. The first-order valence-electron chi connectivity index (χ1n) is 6.80. The van der Waals surface area contributed by atoms with Gasteiger partial charge in [-0.05, 0) is 36.4 Å². The summed E-state index contributed by atoms with van der Waals surface area (Å²) in [6.07, 6.45) is 0.446. The number of carbonyl (C=O) groups is 1. The molecule has 0 spiro atoms. The van der Waals surface area contributed by atoms with Gasteiger partial charge in [-0.25, -0.2) is 4.39 Å². The fraction of sp³-hybridized carbons (Fsp3) is 0.118. The lowest BCUT2D eigenvalue weighted by atomic mass is 10.2. The largest absolute Gasteiger partial charge is 0.489 e. The van der Waals surface area contributed by atoms with Crippen molar-refractivity contribution in [1.82, 2.24) is 0 Å². The van der Waals surface area contributed by atoms with Crippen LogP contribution >= 0.6 is 0 Å². The predicted molar refractivity (Wildman–Crippen MR) is 84.6 cm³/mol. The van der Waals surface area contributed by atoms with Gasteiger partial charge in [-0.15, -0.1) is 0 Å². The first-order chi connectivity index (χ1) is 10.7. The molecule has 114 valence electrons. The Morgan fingerprint density at radius 3 is 2.41 bits per heavy atom. The van der Waals surface area contributed by atoms with Crippen molar-refractivity contribution in [3.05, 3.63) is 72.1 Å². The van der Waals surface area contributed by atoms with Gasteiger partial charge >= 0.3 is 0 Å². The van der Waals surface area contributed by atoms with Crippen LogP contribution in [0.4, 0.5) is 10.1 Å². The molecule has 0 unspecified atom stereocenters. The zero-order valence-corrected chi connectivity index (χ0v) is 12.0. The maximum Gasteiger partial charge on any atom is 0.255 e. The Labute approximate surface area is 128 Å². The van der Waals surface area contributed by atoms with Gasteiger partial charge in [0, 0.05) is 23.4 Å². The summed E-state index contributed by atoms with van der Waals surface area (Å²) in [4.78, 5) is 12.1. The molecular formula is C17H17FN2O2. The number of rotatable bonds is 6. The van der Waals surface area contributed by atoms with Crippen molar-refractivity contribution in [2.75, 3.05) is 18.5 Å². The van der Waals surface area contributed by atoms with E-state index in [4.69, 9.17) is 10.5 Å². The second-order valence-electron chi connectivity index (χ2n) is 4.60. The van der Waals surface area contributed by atoms with E-state index < -0.39 is 0 Å². The molecule has 0 aromatic heterocycles. The van der Waals surface area contributed by atoms with Crippen LogP contribution in [-0.4, -0.2) is 19.1 Å². The maximum atomic E-state index is 12.4. The molecule has 0 aliphatic rings. The maximum absolute atomic E-state index is 12.4. The number of hydrogen-bond donors (Lipinski definition) is 2. The molecule has 2 rings (SSSR count). The van der Waals surface area contributed by atoms with E-state index in [2.05, 4.69) is 5.32 Å². The van der Waals surface area contributed by atoms with Crippen LogP contribution in [0.3, 0.4) is 0 Å². The van der Waals surface area contributed by atoms with Gasteiger partial charge in [0.05, 0.1) is 6.33 Å². The van der Waals surface area contributed by atoms with E-state index in [1.54, 1.807) is 24.3 Å². The molecule has 5 heteroatoms. The van der Waals surface area contributed by atoms with Crippen molar-refractivity contribution in [2.45, 2.75) is 0 Å². The summed E-state index contributed by atoms with van der Waals surface area (Å²) in [5.41, 5.74) is 6.95. The Hall–Kier alpha value is -2.66. The third-order valence-electron chi connectivity index (χ3n) is 2.99. The molecule has 0 atom stereocenters. The van der Waals surface area contributed by atoms with Gasteiger partial charge < -0.3 is 15.8 Å². The molecule has 2 aromatic carbocycles. The molecule has 2 aromatic rings. The molecule has 0 saturated carbocycles. The summed E-state index contributed by atoms with van der Waals surface area (Å²) in [6, 6.07) is 15.8. The average Bonchev–Trinajstić information content (AvgIpc) is 2.57.